The van der Waals surface area contributed by atoms with Gasteiger partial charge in [-0.25, -0.2) is 14.5 Å². The number of anilines is 3. The molecule has 164 valence electrons. The van der Waals surface area contributed by atoms with Crippen LogP contribution in [0.4, 0.5) is 17.3 Å². The van der Waals surface area contributed by atoms with Crippen LogP contribution in [0.5, 0.6) is 0 Å². The van der Waals surface area contributed by atoms with Crippen LogP contribution in [0.2, 0.25) is 0 Å². The number of amides is 1. The van der Waals surface area contributed by atoms with E-state index in [0.717, 1.165) is 21.8 Å². The summed E-state index contributed by atoms with van der Waals surface area (Å²) in [7, 11) is 0. The summed E-state index contributed by atoms with van der Waals surface area (Å²) < 4.78 is 1.78. The highest BCUT2D eigenvalue weighted by Crippen LogP contribution is 2.29. The Morgan fingerprint density at radius 1 is 1.03 bits per heavy atom. The predicted molar refractivity (Wildman–Crippen MR) is 127 cm³/mol. The van der Waals surface area contributed by atoms with Crippen LogP contribution in [0.1, 0.15) is 21.9 Å². The van der Waals surface area contributed by atoms with Crippen LogP contribution in [0.25, 0.3) is 5.52 Å². The van der Waals surface area contributed by atoms with Crippen molar-refractivity contribution in [3.05, 3.63) is 83.9 Å². The van der Waals surface area contributed by atoms with Crippen LogP contribution in [-0.4, -0.2) is 35.7 Å². The van der Waals surface area contributed by atoms with Crippen molar-refractivity contribution >= 4 is 40.5 Å². The van der Waals surface area contributed by atoms with Crippen molar-refractivity contribution in [2.75, 3.05) is 10.6 Å². The molecule has 0 bridgehead atoms. The van der Waals surface area contributed by atoms with E-state index in [2.05, 4.69) is 35.9 Å². The molecule has 5 aromatic rings. The number of H-pyrrole nitrogens is 1. The first kappa shape index (κ1) is 20.7. The average molecular weight is 457 g/mol. The average Bonchev–Trinajstić information content (AvgIpc) is 3.44. The molecule has 4 heterocycles. The van der Waals surface area contributed by atoms with Gasteiger partial charge in [-0.2, -0.15) is 5.10 Å². The molecule has 0 atom stereocenters. The number of carbonyl (C=O) groups excluding carboxylic acids is 1. The lowest BCUT2D eigenvalue weighted by atomic mass is 10.2. The molecular formula is C23H20N8OS. The molecule has 0 spiro atoms. The minimum atomic E-state index is -0.246. The van der Waals surface area contributed by atoms with E-state index in [4.69, 9.17) is 0 Å². The number of fused-ring (bicyclic) bond motifs is 1. The fourth-order valence-electron chi connectivity index (χ4n) is 3.23. The third kappa shape index (κ3) is 4.70. The fraction of sp³-hybridized carbons (Fsp3) is 0.0870. The molecule has 0 aliphatic rings. The first-order valence-electron chi connectivity index (χ1n) is 10.2. The number of hydrogen-bond donors (Lipinski definition) is 3. The van der Waals surface area contributed by atoms with E-state index in [1.807, 2.05) is 74.6 Å². The summed E-state index contributed by atoms with van der Waals surface area (Å²) in [6.45, 7) is 3.79. The zero-order chi connectivity index (χ0) is 22.8. The van der Waals surface area contributed by atoms with Gasteiger partial charge in [0.2, 0.25) is 5.16 Å². The molecule has 4 aromatic heterocycles. The summed E-state index contributed by atoms with van der Waals surface area (Å²) in [5.41, 5.74) is 3.67. The Morgan fingerprint density at radius 3 is 2.64 bits per heavy atom. The van der Waals surface area contributed by atoms with Gasteiger partial charge in [-0.1, -0.05) is 6.07 Å². The maximum atomic E-state index is 12.4. The summed E-state index contributed by atoms with van der Waals surface area (Å²) >= 11 is 1.43. The molecule has 0 radical (unpaired) electrons. The van der Waals surface area contributed by atoms with Crippen LogP contribution < -0.4 is 10.6 Å². The van der Waals surface area contributed by atoms with Crippen molar-refractivity contribution in [2.24, 2.45) is 0 Å². The van der Waals surface area contributed by atoms with Gasteiger partial charge in [0, 0.05) is 34.2 Å². The van der Waals surface area contributed by atoms with E-state index in [1.165, 1.54) is 11.8 Å². The zero-order valence-electron chi connectivity index (χ0n) is 17.9. The first-order valence-corrected chi connectivity index (χ1v) is 11.0. The standard InChI is InChI=1S/C23H20N8OS/c1-14-5-3-6-18(24-14)22(32)25-16-8-10-17(11-9-16)33-23-27-21(19-7-4-12-31(19)30-23)26-20-13-15(2)28-29-20/h3-13H,1-2H3,(H,25,32)(H2,26,27,28,29,30). The number of carbonyl (C=O) groups is 1. The molecule has 3 N–H and O–H groups in total. The minimum absolute atomic E-state index is 0.246. The van der Waals surface area contributed by atoms with Gasteiger partial charge in [0.05, 0.1) is 0 Å². The van der Waals surface area contributed by atoms with Crippen molar-refractivity contribution < 1.29 is 4.79 Å². The van der Waals surface area contributed by atoms with Gasteiger partial charge in [0.15, 0.2) is 11.6 Å². The number of rotatable bonds is 6. The Hall–Kier alpha value is -4.18. The maximum Gasteiger partial charge on any atom is 0.274 e. The molecule has 1 amide bonds. The number of hydrogen-bond acceptors (Lipinski definition) is 7. The van der Waals surface area contributed by atoms with E-state index in [0.29, 0.717) is 28.2 Å². The summed E-state index contributed by atoms with van der Waals surface area (Å²) in [5, 5.41) is 18.4. The molecule has 0 saturated carbocycles. The number of benzene rings is 1. The van der Waals surface area contributed by atoms with E-state index >= 15 is 0 Å². The number of pyridine rings is 1. The SMILES string of the molecule is Cc1cccc(C(=O)Nc2ccc(Sc3nc(Nc4cc(C)[nH]n4)c4cccn4n3)cc2)n1. The van der Waals surface area contributed by atoms with Crippen LogP contribution in [0.15, 0.2) is 76.9 Å². The number of aryl methyl sites for hydroxylation is 2. The lowest BCUT2D eigenvalue weighted by Gasteiger charge is -2.09. The third-order valence-corrected chi connectivity index (χ3v) is 5.63. The molecule has 0 fully saturated rings. The van der Waals surface area contributed by atoms with Gasteiger partial charge in [-0.3, -0.25) is 9.89 Å². The minimum Gasteiger partial charge on any atom is -0.322 e. The van der Waals surface area contributed by atoms with Gasteiger partial charge in [0.25, 0.3) is 5.91 Å². The lowest BCUT2D eigenvalue weighted by molar-refractivity contribution is 0.102. The van der Waals surface area contributed by atoms with Crippen LogP contribution >= 0.6 is 11.8 Å². The summed E-state index contributed by atoms with van der Waals surface area (Å²) in [6, 6.07) is 18.6. The van der Waals surface area contributed by atoms with Crippen molar-refractivity contribution in [3.8, 4) is 0 Å². The Labute approximate surface area is 193 Å². The second-order valence-electron chi connectivity index (χ2n) is 7.39. The number of nitrogens with one attached hydrogen (secondary N) is 3. The van der Waals surface area contributed by atoms with Gasteiger partial charge in [-0.15, -0.1) is 5.10 Å². The van der Waals surface area contributed by atoms with E-state index < -0.39 is 0 Å². The van der Waals surface area contributed by atoms with E-state index in [-0.39, 0.29) is 5.91 Å². The predicted octanol–water partition coefficient (Wildman–Crippen LogP) is 4.61. The number of aromatic nitrogens is 6. The van der Waals surface area contributed by atoms with E-state index in [1.54, 1.807) is 10.6 Å². The van der Waals surface area contributed by atoms with Crippen LogP contribution in [0.3, 0.4) is 0 Å². The lowest BCUT2D eigenvalue weighted by Crippen LogP contribution is -2.13. The van der Waals surface area contributed by atoms with Crippen molar-refractivity contribution in [3.63, 3.8) is 0 Å². The zero-order valence-corrected chi connectivity index (χ0v) is 18.7. The smallest absolute Gasteiger partial charge is 0.274 e. The fourth-order valence-corrected chi connectivity index (χ4v) is 3.98. The monoisotopic (exact) mass is 456 g/mol. The Kier molecular flexibility index (Phi) is 5.49. The van der Waals surface area contributed by atoms with Gasteiger partial charge in [-0.05, 0) is 74.1 Å². The maximum absolute atomic E-state index is 12.4. The Bertz CT molecular complexity index is 1440. The highest BCUT2D eigenvalue weighted by molar-refractivity contribution is 7.99. The molecular weight excluding hydrogens is 436 g/mol. The summed E-state index contributed by atoms with van der Waals surface area (Å²) in [5.74, 6) is 1.11. The summed E-state index contributed by atoms with van der Waals surface area (Å²) in [6.07, 6.45) is 1.88. The molecule has 33 heavy (non-hydrogen) atoms. The molecule has 0 unspecified atom stereocenters. The third-order valence-electron chi connectivity index (χ3n) is 4.77. The number of aromatic amines is 1. The molecule has 9 nitrogen and oxygen atoms in total. The molecule has 5 rings (SSSR count). The van der Waals surface area contributed by atoms with Gasteiger partial charge < -0.3 is 10.6 Å². The molecule has 0 aliphatic carbocycles. The molecule has 1 aromatic carbocycles. The van der Waals surface area contributed by atoms with Crippen LogP contribution in [0, 0.1) is 13.8 Å². The van der Waals surface area contributed by atoms with Crippen LogP contribution in [-0.2, 0) is 0 Å². The van der Waals surface area contributed by atoms with Crippen molar-refractivity contribution in [1.82, 2.24) is 29.8 Å². The molecule has 0 aliphatic heterocycles. The first-order chi connectivity index (χ1) is 16.0. The highest BCUT2D eigenvalue weighted by Gasteiger charge is 2.12. The van der Waals surface area contributed by atoms with E-state index in [9.17, 15) is 4.79 Å². The van der Waals surface area contributed by atoms with Gasteiger partial charge in [0.1, 0.15) is 11.2 Å². The van der Waals surface area contributed by atoms with Crippen molar-refractivity contribution in [2.45, 2.75) is 23.9 Å². The topological polar surface area (TPSA) is 113 Å². The highest BCUT2D eigenvalue weighted by atomic mass is 32.2. The Morgan fingerprint density at radius 2 is 1.88 bits per heavy atom. The van der Waals surface area contributed by atoms with Crippen molar-refractivity contribution in [1.29, 1.82) is 0 Å². The largest absolute Gasteiger partial charge is 0.322 e. The Balaban J connectivity index is 1.33. The van der Waals surface area contributed by atoms with Gasteiger partial charge >= 0.3 is 0 Å². The molecule has 10 heteroatoms. The molecule has 0 saturated heterocycles. The normalized spacial score (nSPS) is 11.0. The second kappa shape index (κ2) is 8.75. The summed E-state index contributed by atoms with van der Waals surface area (Å²) in [4.78, 5) is 22.3. The second-order valence-corrected chi connectivity index (χ2v) is 8.43. The number of nitrogens with zero attached hydrogens (tertiary/aromatic N) is 5. The quantitative estimate of drug-likeness (QED) is 0.342.